The van der Waals surface area contributed by atoms with Crippen molar-refractivity contribution in [2.75, 3.05) is 19.6 Å². The summed E-state index contributed by atoms with van der Waals surface area (Å²) in [7, 11) is 0. The van der Waals surface area contributed by atoms with Crippen molar-refractivity contribution in [2.45, 2.75) is 19.2 Å². The number of nitrogens with one attached hydrogen (secondary N) is 1. The van der Waals surface area contributed by atoms with Gasteiger partial charge in [0.15, 0.2) is 0 Å². The standard InChI is InChI=1S/C15H17F3N2O3/c16-15(17,18)23-13-12-8-20(7-11(12)6-19-13)14(21)22-9-10-4-2-1-3-5-10/h1-5,11-13,19H,6-9H2/t11-,12+,13?/m0/s1. The molecule has 0 radical (unpaired) electrons. The highest BCUT2D eigenvalue weighted by molar-refractivity contribution is 5.68. The maximum absolute atomic E-state index is 12.4. The van der Waals surface area contributed by atoms with Crippen LogP contribution in [0, 0.1) is 11.8 Å². The number of alkyl halides is 3. The van der Waals surface area contributed by atoms with Crippen LogP contribution in [0.4, 0.5) is 18.0 Å². The predicted octanol–water partition coefficient (Wildman–Crippen LogP) is 2.34. The molecular weight excluding hydrogens is 313 g/mol. The van der Waals surface area contributed by atoms with Crippen LogP contribution in [-0.2, 0) is 16.1 Å². The van der Waals surface area contributed by atoms with Gasteiger partial charge in [0.1, 0.15) is 12.8 Å². The minimum atomic E-state index is -4.69. The lowest BCUT2D eigenvalue weighted by molar-refractivity contribution is -0.349. The summed E-state index contributed by atoms with van der Waals surface area (Å²) in [5.74, 6) is -0.424. The Morgan fingerprint density at radius 2 is 2.00 bits per heavy atom. The number of halogens is 3. The molecule has 1 aromatic carbocycles. The molecule has 0 spiro atoms. The van der Waals surface area contributed by atoms with E-state index >= 15 is 0 Å². The number of carbonyl (C=O) groups excluding carboxylic acids is 1. The second kappa shape index (κ2) is 6.37. The van der Waals surface area contributed by atoms with Crippen molar-refractivity contribution in [3.05, 3.63) is 35.9 Å². The van der Waals surface area contributed by atoms with Crippen molar-refractivity contribution >= 4 is 6.09 Å². The maximum Gasteiger partial charge on any atom is 0.524 e. The molecule has 0 bridgehead atoms. The molecule has 5 nitrogen and oxygen atoms in total. The van der Waals surface area contributed by atoms with E-state index in [2.05, 4.69) is 10.1 Å². The fourth-order valence-electron chi connectivity index (χ4n) is 3.11. The van der Waals surface area contributed by atoms with Crippen molar-refractivity contribution in [1.82, 2.24) is 10.2 Å². The minimum absolute atomic E-state index is 0.0494. The lowest BCUT2D eigenvalue weighted by Gasteiger charge is -2.22. The van der Waals surface area contributed by atoms with E-state index in [0.29, 0.717) is 13.1 Å². The topological polar surface area (TPSA) is 50.8 Å². The van der Waals surface area contributed by atoms with Crippen molar-refractivity contribution in [3.63, 3.8) is 0 Å². The second-order valence-electron chi connectivity index (χ2n) is 5.76. The van der Waals surface area contributed by atoms with Gasteiger partial charge in [-0.05, 0) is 11.5 Å². The Labute approximate surface area is 131 Å². The molecule has 23 heavy (non-hydrogen) atoms. The molecule has 1 aromatic rings. The number of hydrogen-bond acceptors (Lipinski definition) is 4. The largest absolute Gasteiger partial charge is 0.524 e. The van der Waals surface area contributed by atoms with Crippen LogP contribution in [-0.4, -0.2) is 43.2 Å². The Balaban J connectivity index is 1.52. The van der Waals surface area contributed by atoms with Gasteiger partial charge in [-0.1, -0.05) is 30.3 Å². The molecule has 2 fully saturated rings. The van der Waals surface area contributed by atoms with E-state index in [4.69, 9.17) is 4.74 Å². The number of nitrogens with zero attached hydrogens (tertiary/aromatic N) is 1. The zero-order chi connectivity index (χ0) is 16.4. The molecule has 8 heteroatoms. The summed E-state index contributed by atoms with van der Waals surface area (Å²) in [6.45, 7) is 1.12. The molecule has 3 rings (SSSR count). The highest BCUT2D eigenvalue weighted by Crippen LogP contribution is 2.34. The van der Waals surface area contributed by atoms with Crippen LogP contribution in [0.5, 0.6) is 0 Å². The fraction of sp³-hybridized carbons (Fsp3) is 0.533. The summed E-state index contributed by atoms with van der Waals surface area (Å²) < 4.78 is 46.4. The van der Waals surface area contributed by atoms with Crippen molar-refractivity contribution in [3.8, 4) is 0 Å². The third kappa shape index (κ3) is 3.94. The van der Waals surface area contributed by atoms with Crippen LogP contribution in [0.25, 0.3) is 0 Å². The van der Waals surface area contributed by atoms with E-state index in [1.165, 1.54) is 4.90 Å². The van der Waals surface area contributed by atoms with Crippen LogP contribution in [0.2, 0.25) is 0 Å². The summed E-state index contributed by atoms with van der Waals surface area (Å²) in [6.07, 6.45) is -6.30. The van der Waals surface area contributed by atoms with E-state index in [1.54, 1.807) is 0 Å². The molecule has 2 heterocycles. The first-order valence-electron chi connectivity index (χ1n) is 7.36. The summed E-state index contributed by atoms with van der Waals surface area (Å²) in [5.41, 5.74) is 0.861. The van der Waals surface area contributed by atoms with Crippen LogP contribution in [0.1, 0.15) is 5.56 Å². The van der Waals surface area contributed by atoms with Crippen LogP contribution in [0.3, 0.4) is 0 Å². The normalized spacial score (nSPS) is 27.1. The zero-order valence-corrected chi connectivity index (χ0v) is 12.3. The Morgan fingerprint density at radius 1 is 1.26 bits per heavy atom. The lowest BCUT2D eigenvalue weighted by atomic mass is 9.99. The molecule has 3 atom stereocenters. The molecule has 126 valence electrons. The van der Waals surface area contributed by atoms with Crippen molar-refractivity contribution in [2.24, 2.45) is 11.8 Å². The third-order valence-electron chi connectivity index (χ3n) is 4.19. The molecule has 0 aromatic heterocycles. The number of carbonyl (C=O) groups is 1. The molecule has 2 aliphatic rings. The van der Waals surface area contributed by atoms with Gasteiger partial charge in [0.2, 0.25) is 0 Å². The highest BCUT2D eigenvalue weighted by Gasteiger charge is 2.48. The molecule has 0 saturated carbocycles. The monoisotopic (exact) mass is 330 g/mol. The highest BCUT2D eigenvalue weighted by atomic mass is 19.4. The average Bonchev–Trinajstić information content (AvgIpc) is 3.07. The zero-order valence-electron chi connectivity index (χ0n) is 12.3. The van der Waals surface area contributed by atoms with Crippen molar-refractivity contribution < 1.29 is 27.4 Å². The predicted molar refractivity (Wildman–Crippen MR) is 74.1 cm³/mol. The first-order chi connectivity index (χ1) is 10.9. The number of rotatable bonds is 3. The first kappa shape index (κ1) is 16.1. The number of likely N-dealkylation sites (tertiary alicyclic amines) is 1. The summed E-state index contributed by atoms with van der Waals surface area (Å²) in [6, 6.07) is 9.22. The number of benzene rings is 1. The van der Waals surface area contributed by atoms with Gasteiger partial charge < -0.3 is 9.64 Å². The smallest absolute Gasteiger partial charge is 0.445 e. The quantitative estimate of drug-likeness (QED) is 0.924. The molecule has 0 aliphatic carbocycles. The van der Waals surface area contributed by atoms with Gasteiger partial charge in [-0.25, -0.2) is 4.79 Å². The van der Waals surface area contributed by atoms with Crippen molar-refractivity contribution in [1.29, 1.82) is 0 Å². The van der Waals surface area contributed by atoms with E-state index < -0.39 is 18.7 Å². The van der Waals surface area contributed by atoms with Gasteiger partial charge in [0, 0.05) is 25.6 Å². The Bertz CT molecular complexity index is 553. The number of fused-ring (bicyclic) bond motifs is 1. The molecular formula is C15H17F3N2O3. The Hall–Kier alpha value is -1.80. The van der Waals surface area contributed by atoms with E-state index in [-0.39, 0.29) is 25.0 Å². The first-order valence-corrected chi connectivity index (χ1v) is 7.36. The fourth-order valence-corrected chi connectivity index (χ4v) is 3.11. The second-order valence-corrected chi connectivity index (χ2v) is 5.76. The van der Waals surface area contributed by atoms with Gasteiger partial charge in [-0.3, -0.25) is 10.1 Å². The third-order valence-corrected chi connectivity index (χ3v) is 4.19. The van der Waals surface area contributed by atoms with Crippen LogP contribution >= 0.6 is 0 Å². The number of amides is 1. The van der Waals surface area contributed by atoms with Gasteiger partial charge in [0.25, 0.3) is 0 Å². The molecule has 1 amide bonds. The lowest BCUT2D eigenvalue weighted by Crippen LogP contribution is -2.39. The number of ether oxygens (including phenoxy) is 2. The Morgan fingerprint density at radius 3 is 2.70 bits per heavy atom. The van der Waals surface area contributed by atoms with Gasteiger partial charge >= 0.3 is 12.5 Å². The van der Waals surface area contributed by atoms with E-state index in [0.717, 1.165) is 5.56 Å². The number of hydrogen-bond donors (Lipinski definition) is 1. The average molecular weight is 330 g/mol. The summed E-state index contributed by atoms with van der Waals surface area (Å²) >= 11 is 0. The van der Waals surface area contributed by atoms with Gasteiger partial charge in [-0.15, -0.1) is 13.2 Å². The summed E-state index contributed by atoms with van der Waals surface area (Å²) in [4.78, 5) is 13.5. The minimum Gasteiger partial charge on any atom is -0.445 e. The molecule has 2 aliphatic heterocycles. The van der Waals surface area contributed by atoms with Crippen LogP contribution in [0.15, 0.2) is 30.3 Å². The molecule has 1 unspecified atom stereocenters. The Kier molecular flexibility index (Phi) is 4.45. The molecule has 2 saturated heterocycles. The van der Waals surface area contributed by atoms with E-state index in [9.17, 15) is 18.0 Å². The van der Waals surface area contributed by atoms with Gasteiger partial charge in [0.05, 0.1) is 0 Å². The molecule has 1 N–H and O–H groups in total. The summed E-state index contributed by atoms with van der Waals surface area (Å²) in [5, 5.41) is 2.71. The van der Waals surface area contributed by atoms with E-state index in [1.807, 2.05) is 30.3 Å². The van der Waals surface area contributed by atoms with Gasteiger partial charge in [-0.2, -0.15) is 0 Å². The maximum atomic E-state index is 12.4. The SMILES string of the molecule is O=C(OCc1ccccc1)N1C[C@@H]2CNC(OC(F)(F)F)[C@@H]2C1. The van der Waals surface area contributed by atoms with Crippen LogP contribution < -0.4 is 5.32 Å².